The van der Waals surface area contributed by atoms with Gasteiger partial charge < -0.3 is 19.2 Å². The number of furan rings is 1. The van der Waals surface area contributed by atoms with Gasteiger partial charge in [0.25, 0.3) is 5.91 Å². The maximum Gasteiger partial charge on any atom is 0.257 e. The lowest BCUT2D eigenvalue weighted by molar-refractivity contribution is -0.134. The Balaban J connectivity index is 1.26. The van der Waals surface area contributed by atoms with Crippen LogP contribution in [0.2, 0.25) is 0 Å². The highest BCUT2D eigenvalue weighted by molar-refractivity contribution is 6.03. The van der Waals surface area contributed by atoms with E-state index in [1.165, 1.54) is 0 Å². The Kier molecular flexibility index (Phi) is 6.22. The van der Waals surface area contributed by atoms with Crippen molar-refractivity contribution in [3.8, 4) is 11.5 Å². The molecule has 0 bridgehead atoms. The van der Waals surface area contributed by atoms with Crippen LogP contribution in [0.25, 0.3) is 0 Å². The predicted molar refractivity (Wildman–Crippen MR) is 129 cm³/mol. The number of aromatic hydroxyl groups is 1. The second-order valence-corrected chi connectivity index (χ2v) is 8.53. The Morgan fingerprint density at radius 3 is 2.44 bits per heavy atom. The van der Waals surface area contributed by atoms with Gasteiger partial charge in [0.15, 0.2) is 0 Å². The molecule has 2 aromatic carbocycles. The number of amides is 1. The summed E-state index contributed by atoms with van der Waals surface area (Å²) in [6, 6.07) is 18.5. The largest absolute Gasteiger partial charge is 0.508 e. The maximum atomic E-state index is 13.4. The number of nitrogens with zero attached hydrogens (tertiary/aromatic N) is 4. The zero-order valence-electron chi connectivity index (χ0n) is 19.1. The molecular weight excluding hydrogens is 432 g/mol. The summed E-state index contributed by atoms with van der Waals surface area (Å²) in [7, 11) is 1.64. The number of phenolic OH excluding ortho intramolecular Hbond substituents is 1. The normalized spacial score (nSPS) is 18.7. The molecular formula is C26H28N4O4. The maximum absolute atomic E-state index is 13.4. The summed E-state index contributed by atoms with van der Waals surface area (Å²) in [6.07, 6.45) is 2.23. The Labute approximate surface area is 198 Å². The van der Waals surface area contributed by atoms with Gasteiger partial charge in [-0.25, -0.2) is 5.01 Å². The summed E-state index contributed by atoms with van der Waals surface area (Å²) in [4.78, 5) is 17.8. The molecule has 2 aliphatic heterocycles. The SMILES string of the molecule is COc1ccc(C2=NN(C(=O)CN3CCN(c4ccc(O)cc4)CC3)[C@H](c3ccco3)C2)cc1. The number of benzene rings is 2. The van der Waals surface area contributed by atoms with E-state index in [9.17, 15) is 9.90 Å². The van der Waals surface area contributed by atoms with Gasteiger partial charge in [0.05, 0.1) is 25.6 Å². The first-order valence-electron chi connectivity index (χ1n) is 11.4. The molecule has 1 amide bonds. The highest BCUT2D eigenvalue weighted by atomic mass is 16.5. The van der Waals surface area contributed by atoms with E-state index in [2.05, 4.69) is 9.80 Å². The van der Waals surface area contributed by atoms with Crippen molar-refractivity contribution < 1.29 is 19.1 Å². The third kappa shape index (κ3) is 4.63. The molecule has 8 heteroatoms. The average Bonchev–Trinajstić information content (AvgIpc) is 3.55. The Bertz CT molecular complexity index is 1130. The number of hydrazone groups is 1. The molecule has 2 aliphatic rings. The van der Waals surface area contributed by atoms with Crippen LogP contribution in [-0.2, 0) is 4.79 Å². The smallest absolute Gasteiger partial charge is 0.257 e. The van der Waals surface area contributed by atoms with Crippen LogP contribution in [0.5, 0.6) is 11.5 Å². The molecule has 0 unspecified atom stereocenters. The number of methoxy groups -OCH3 is 1. The monoisotopic (exact) mass is 460 g/mol. The minimum absolute atomic E-state index is 0.0389. The Hall–Kier alpha value is -3.78. The molecule has 0 radical (unpaired) electrons. The number of carbonyl (C=O) groups is 1. The average molecular weight is 461 g/mol. The molecule has 1 fully saturated rings. The van der Waals surface area contributed by atoms with E-state index >= 15 is 0 Å². The van der Waals surface area contributed by atoms with Gasteiger partial charge in [-0.3, -0.25) is 9.69 Å². The Morgan fingerprint density at radius 2 is 1.79 bits per heavy atom. The summed E-state index contributed by atoms with van der Waals surface area (Å²) in [5.74, 6) is 1.74. The quantitative estimate of drug-likeness (QED) is 0.607. The first kappa shape index (κ1) is 22.0. The molecule has 3 heterocycles. The molecule has 34 heavy (non-hydrogen) atoms. The van der Waals surface area contributed by atoms with Crippen molar-refractivity contribution >= 4 is 17.3 Å². The Morgan fingerprint density at radius 1 is 1.06 bits per heavy atom. The van der Waals surface area contributed by atoms with Crippen LogP contribution in [0.1, 0.15) is 23.8 Å². The number of rotatable bonds is 6. The molecule has 0 aliphatic carbocycles. The minimum Gasteiger partial charge on any atom is -0.508 e. The van der Waals surface area contributed by atoms with Gasteiger partial charge in [-0.15, -0.1) is 0 Å². The van der Waals surface area contributed by atoms with Crippen LogP contribution in [0.3, 0.4) is 0 Å². The zero-order valence-corrected chi connectivity index (χ0v) is 19.1. The zero-order chi connectivity index (χ0) is 23.5. The molecule has 0 spiro atoms. The molecule has 8 nitrogen and oxygen atoms in total. The van der Waals surface area contributed by atoms with E-state index < -0.39 is 0 Å². The fourth-order valence-electron chi connectivity index (χ4n) is 4.49. The molecule has 0 saturated carbocycles. The van der Waals surface area contributed by atoms with Crippen LogP contribution in [-0.4, -0.2) is 66.5 Å². The van der Waals surface area contributed by atoms with Crippen molar-refractivity contribution in [3.05, 3.63) is 78.3 Å². The first-order chi connectivity index (χ1) is 16.6. The number of phenols is 1. The summed E-state index contributed by atoms with van der Waals surface area (Å²) in [5.41, 5.74) is 2.90. The highest BCUT2D eigenvalue weighted by Crippen LogP contribution is 2.33. The number of anilines is 1. The molecule has 1 N–H and O–H groups in total. The highest BCUT2D eigenvalue weighted by Gasteiger charge is 2.35. The lowest BCUT2D eigenvalue weighted by atomic mass is 10.0. The van der Waals surface area contributed by atoms with Crippen molar-refractivity contribution in [3.63, 3.8) is 0 Å². The summed E-state index contributed by atoms with van der Waals surface area (Å²) in [6.45, 7) is 3.50. The van der Waals surface area contributed by atoms with Crippen molar-refractivity contribution in [1.82, 2.24) is 9.91 Å². The van der Waals surface area contributed by atoms with Crippen LogP contribution < -0.4 is 9.64 Å². The van der Waals surface area contributed by atoms with Gasteiger partial charge in [-0.2, -0.15) is 5.10 Å². The van der Waals surface area contributed by atoms with Gasteiger partial charge in [0.1, 0.15) is 23.3 Å². The summed E-state index contributed by atoms with van der Waals surface area (Å²) >= 11 is 0. The summed E-state index contributed by atoms with van der Waals surface area (Å²) in [5, 5.41) is 15.8. The number of ether oxygens (including phenoxy) is 1. The fourth-order valence-corrected chi connectivity index (χ4v) is 4.49. The second-order valence-electron chi connectivity index (χ2n) is 8.53. The van der Waals surface area contributed by atoms with Crippen molar-refractivity contribution in [2.75, 3.05) is 44.7 Å². The van der Waals surface area contributed by atoms with Gasteiger partial charge in [0, 0.05) is 38.3 Å². The van der Waals surface area contributed by atoms with Crippen LogP contribution in [0.4, 0.5) is 5.69 Å². The van der Waals surface area contributed by atoms with Crippen LogP contribution in [0.15, 0.2) is 76.4 Å². The molecule has 176 valence electrons. The van der Waals surface area contributed by atoms with E-state index in [-0.39, 0.29) is 17.7 Å². The second kappa shape index (κ2) is 9.61. The predicted octanol–water partition coefficient (Wildman–Crippen LogP) is 3.49. The van der Waals surface area contributed by atoms with E-state index in [4.69, 9.17) is 14.3 Å². The molecule has 5 rings (SSSR count). The van der Waals surface area contributed by atoms with Crippen molar-refractivity contribution in [2.45, 2.75) is 12.5 Å². The number of hydrogen-bond donors (Lipinski definition) is 1. The van der Waals surface area contributed by atoms with E-state index in [0.29, 0.717) is 13.0 Å². The standard InChI is InChI=1S/C26H28N4O4/c1-33-22-10-4-19(5-11-22)23-17-24(25-3-2-16-34-25)30(27-23)26(32)18-28-12-14-29(15-13-28)20-6-8-21(31)9-7-20/h2-11,16,24,31H,12-15,17-18H2,1H3/t24-/m0/s1. The van der Waals surface area contributed by atoms with Crippen molar-refractivity contribution in [2.24, 2.45) is 5.10 Å². The topological polar surface area (TPSA) is 81.8 Å². The lowest BCUT2D eigenvalue weighted by Crippen LogP contribution is -2.49. The van der Waals surface area contributed by atoms with E-state index in [0.717, 1.165) is 54.7 Å². The van der Waals surface area contributed by atoms with Crippen LogP contribution >= 0.6 is 0 Å². The fraction of sp³-hybridized carbons (Fsp3) is 0.308. The third-order valence-corrected chi connectivity index (χ3v) is 6.41. The number of piperazine rings is 1. The van der Waals surface area contributed by atoms with Crippen LogP contribution in [0, 0.1) is 0 Å². The van der Waals surface area contributed by atoms with Gasteiger partial charge in [-0.1, -0.05) is 0 Å². The minimum atomic E-state index is -0.252. The van der Waals surface area contributed by atoms with E-state index in [1.54, 1.807) is 30.5 Å². The molecule has 3 aromatic rings. The molecule has 1 saturated heterocycles. The molecule has 1 aromatic heterocycles. The van der Waals surface area contributed by atoms with E-state index in [1.807, 2.05) is 48.5 Å². The molecule has 1 atom stereocenters. The first-order valence-corrected chi connectivity index (χ1v) is 11.4. The van der Waals surface area contributed by atoms with Crippen molar-refractivity contribution in [1.29, 1.82) is 0 Å². The van der Waals surface area contributed by atoms with Gasteiger partial charge >= 0.3 is 0 Å². The van der Waals surface area contributed by atoms with Gasteiger partial charge in [0.2, 0.25) is 0 Å². The lowest BCUT2D eigenvalue weighted by Gasteiger charge is -2.36. The third-order valence-electron chi connectivity index (χ3n) is 6.41. The summed E-state index contributed by atoms with van der Waals surface area (Å²) < 4.78 is 10.9. The number of hydrogen-bond acceptors (Lipinski definition) is 7. The van der Waals surface area contributed by atoms with Gasteiger partial charge in [-0.05, 0) is 66.2 Å². The number of carbonyl (C=O) groups excluding carboxylic acids is 1.